The normalized spacial score (nSPS) is 11.2. The highest BCUT2D eigenvalue weighted by Crippen LogP contribution is 2.28. The maximum absolute atomic E-state index is 14.1. The highest BCUT2D eigenvalue weighted by molar-refractivity contribution is 5.98. The van der Waals surface area contributed by atoms with Gasteiger partial charge in [-0.2, -0.15) is 0 Å². The standard InChI is InChI=1S/C23H23FN4O3/c1-12-3-5-17(24)22-21(12)16(13(2)27-22)7-8-26-23(30)19-10-14-9-15(31-11-20(25)29)4-6-18(14)28-19/h3-6,9-10,27-28H,7-8,11H2,1-2H3,(H2,25,29)(H,26,30). The van der Waals surface area contributed by atoms with Crippen LogP contribution < -0.4 is 15.8 Å². The number of amides is 2. The van der Waals surface area contributed by atoms with Crippen LogP contribution in [0.5, 0.6) is 5.75 Å². The second-order valence-corrected chi connectivity index (χ2v) is 7.54. The first-order valence-corrected chi connectivity index (χ1v) is 9.92. The second kappa shape index (κ2) is 8.14. The number of hydrogen-bond donors (Lipinski definition) is 4. The molecule has 4 rings (SSSR count). The van der Waals surface area contributed by atoms with E-state index < -0.39 is 5.91 Å². The van der Waals surface area contributed by atoms with E-state index in [2.05, 4.69) is 15.3 Å². The van der Waals surface area contributed by atoms with E-state index in [4.69, 9.17) is 10.5 Å². The van der Waals surface area contributed by atoms with Crippen LogP contribution in [0.25, 0.3) is 21.8 Å². The van der Waals surface area contributed by atoms with Crippen molar-refractivity contribution in [1.82, 2.24) is 15.3 Å². The van der Waals surface area contributed by atoms with Crippen molar-refractivity contribution >= 4 is 33.6 Å². The van der Waals surface area contributed by atoms with Crippen LogP contribution in [0.4, 0.5) is 4.39 Å². The number of primary amides is 1. The molecule has 160 valence electrons. The highest BCUT2D eigenvalue weighted by atomic mass is 19.1. The van der Waals surface area contributed by atoms with Crippen molar-refractivity contribution in [2.45, 2.75) is 20.3 Å². The number of aromatic nitrogens is 2. The fourth-order valence-electron chi connectivity index (χ4n) is 3.83. The Morgan fingerprint density at radius 1 is 1.13 bits per heavy atom. The van der Waals surface area contributed by atoms with E-state index in [1.807, 2.05) is 13.8 Å². The summed E-state index contributed by atoms with van der Waals surface area (Å²) in [6.45, 7) is 4.06. The summed E-state index contributed by atoms with van der Waals surface area (Å²) < 4.78 is 19.4. The second-order valence-electron chi connectivity index (χ2n) is 7.54. The molecule has 31 heavy (non-hydrogen) atoms. The molecule has 2 aromatic carbocycles. The van der Waals surface area contributed by atoms with Crippen LogP contribution in [-0.2, 0) is 11.2 Å². The molecule has 2 heterocycles. The summed E-state index contributed by atoms with van der Waals surface area (Å²) in [6, 6.07) is 10.1. The van der Waals surface area contributed by atoms with Crippen molar-refractivity contribution in [1.29, 1.82) is 0 Å². The number of rotatable bonds is 7. The van der Waals surface area contributed by atoms with Gasteiger partial charge in [-0.25, -0.2) is 4.39 Å². The molecule has 0 saturated carbocycles. The Bertz CT molecular complexity index is 1310. The molecule has 0 radical (unpaired) electrons. The summed E-state index contributed by atoms with van der Waals surface area (Å²) in [6.07, 6.45) is 0.577. The van der Waals surface area contributed by atoms with Crippen LogP contribution in [0.1, 0.15) is 27.3 Å². The molecule has 5 N–H and O–H groups in total. The molecule has 0 aliphatic rings. The van der Waals surface area contributed by atoms with E-state index in [-0.39, 0.29) is 18.3 Å². The summed E-state index contributed by atoms with van der Waals surface area (Å²) in [7, 11) is 0. The van der Waals surface area contributed by atoms with Gasteiger partial charge in [0.1, 0.15) is 17.3 Å². The molecule has 0 aliphatic heterocycles. The first-order valence-electron chi connectivity index (χ1n) is 9.92. The van der Waals surface area contributed by atoms with Crippen molar-refractivity contribution < 1.29 is 18.7 Å². The van der Waals surface area contributed by atoms with Gasteiger partial charge in [-0.3, -0.25) is 9.59 Å². The predicted octanol–water partition coefficient (Wildman–Crippen LogP) is 3.24. The molecule has 2 aromatic heterocycles. The number of H-pyrrole nitrogens is 2. The maximum Gasteiger partial charge on any atom is 0.267 e. The molecule has 0 bridgehead atoms. The molecule has 4 aromatic rings. The molecule has 0 aliphatic carbocycles. The Labute approximate surface area is 177 Å². The van der Waals surface area contributed by atoms with Gasteiger partial charge in [-0.05, 0) is 61.7 Å². The molecule has 8 heteroatoms. The fourth-order valence-corrected chi connectivity index (χ4v) is 3.83. The minimum absolute atomic E-state index is 0.208. The van der Waals surface area contributed by atoms with Crippen molar-refractivity contribution in [2.75, 3.05) is 13.2 Å². The van der Waals surface area contributed by atoms with Crippen LogP contribution in [-0.4, -0.2) is 34.9 Å². The van der Waals surface area contributed by atoms with E-state index in [9.17, 15) is 14.0 Å². The zero-order valence-corrected chi connectivity index (χ0v) is 17.3. The predicted molar refractivity (Wildman–Crippen MR) is 117 cm³/mol. The van der Waals surface area contributed by atoms with E-state index in [0.29, 0.717) is 29.9 Å². The zero-order valence-electron chi connectivity index (χ0n) is 17.3. The largest absolute Gasteiger partial charge is 0.484 e. The van der Waals surface area contributed by atoms with Crippen molar-refractivity contribution in [3.05, 3.63) is 64.7 Å². The molecular formula is C23H23FN4O3. The van der Waals surface area contributed by atoms with Gasteiger partial charge in [-0.15, -0.1) is 0 Å². The summed E-state index contributed by atoms with van der Waals surface area (Å²) >= 11 is 0. The van der Waals surface area contributed by atoms with Crippen LogP contribution >= 0.6 is 0 Å². The van der Waals surface area contributed by atoms with Gasteiger partial charge in [0.05, 0.1) is 5.52 Å². The SMILES string of the molecule is Cc1[nH]c2c(F)ccc(C)c2c1CCNC(=O)c1cc2cc(OCC(N)=O)ccc2[nH]1. The van der Waals surface area contributed by atoms with Gasteiger partial charge < -0.3 is 25.8 Å². The average molecular weight is 422 g/mol. The Morgan fingerprint density at radius 2 is 1.94 bits per heavy atom. The minimum Gasteiger partial charge on any atom is -0.484 e. The third kappa shape index (κ3) is 4.09. The lowest BCUT2D eigenvalue weighted by Gasteiger charge is -2.06. The molecule has 0 unspecified atom stereocenters. The third-order valence-electron chi connectivity index (χ3n) is 5.31. The maximum atomic E-state index is 14.1. The van der Waals surface area contributed by atoms with Gasteiger partial charge in [0.15, 0.2) is 6.61 Å². The molecule has 0 atom stereocenters. The van der Waals surface area contributed by atoms with Gasteiger partial charge >= 0.3 is 0 Å². The Balaban J connectivity index is 1.45. The van der Waals surface area contributed by atoms with E-state index >= 15 is 0 Å². The number of nitrogens with two attached hydrogens (primary N) is 1. The first kappa shape index (κ1) is 20.5. The molecule has 0 saturated heterocycles. The number of fused-ring (bicyclic) bond motifs is 2. The topological polar surface area (TPSA) is 113 Å². The van der Waals surface area contributed by atoms with E-state index in [0.717, 1.165) is 33.1 Å². The number of benzene rings is 2. The molecular weight excluding hydrogens is 399 g/mol. The summed E-state index contributed by atoms with van der Waals surface area (Å²) in [5, 5.41) is 4.57. The molecule has 7 nitrogen and oxygen atoms in total. The van der Waals surface area contributed by atoms with Crippen molar-refractivity contribution in [3.63, 3.8) is 0 Å². The highest BCUT2D eigenvalue weighted by Gasteiger charge is 2.15. The average Bonchev–Trinajstić information content (AvgIpc) is 3.31. The van der Waals surface area contributed by atoms with Gasteiger partial charge in [0.25, 0.3) is 11.8 Å². The van der Waals surface area contributed by atoms with Crippen molar-refractivity contribution in [2.24, 2.45) is 5.73 Å². The van der Waals surface area contributed by atoms with Gasteiger partial charge in [0.2, 0.25) is 0 Å². The quantitative estimate of drug-likeness (QED) is 0.367. The fraction of sp³-hybridized carbons (Fsp3) is 0.217. The van der Waals surface area contributed by atoms with E-state index in [1.165, 1.54) is 6.07 Å². The summed E-state index contributed by atoms with van der Waals surface area (Å²) in [5.74, 6) is -0.584. The number of hydrogen-bond acceptors (Lipinski definition) is 3. The lowest BCUT2D eigenvalue weighted by atomic mass is 10.0. The number of aryl methyl sites for hydroxylation is 2. The van der Waals surface area contributed by atoms with Gasteiger partial charge in [-0.1, -0.05) is 6.07 Å². The monoisotopic (exact) mass is 422 g/mol. The summed E-state index contributed by atoms with van der Waals surface area (Å²) in [5.41, 5.74) is 9.67. The zero-order chi connectivity index (χ0) is 22.1. The number of aromatic amines is 2. The lowest BCUT2D eigenvalue weighted by molar-refractivity contribution is -0.119. The Kier molecular flexibility index (Phi) is 5.37. The number of nitrogens with one attached hydrogen (secondary N) is 3. The first-order chi connectivity index (χ1) is 14.8. The van der Waals surface area contributed by atoms with E-state index in [1.54, 1.807) is 30.3 Å². The van der Waals surface area contributed by atoms with Crippen molar-refractivity contribution in [3.8, 4) is 5.75 Å². The number of halogens is 1. The Morgan fingerprint density at radius 3 is 2.71 bits per heavy atom. The molecule has 0 fully saturated rings. The Hall–Kier alpha value is -3.81. The number of ether oxygens (including phenoxy) is 1. The summed E-state index contributed by atoms with van der Waals surface area (Å²) in [4.78, 5) is 29.7. The number of carbonyl (C=O) groups is 2. The third-order valence-corrected chi connectivity index (χ3v) is 5.31. The lowest BCUT2D eigenvalue weighted by Crippen LogP contribution is -2.26. The van der Waals surface area contributed by atoms with Crippen LogP contribution in [0.2, 0.25) is 0 Å². The number of carbonyl (C=O) groups excluding carboxylic acids is 2. The van der Waals surface area contributed by atoms with Gasteiger partial charge in [0, 0.05) is 28.5 Å². The van der Waals surface area contributed by atoms with Crippen LogP contribution in [0, 0.1) is 19.7 Å². The van der Waals surface area contributed by atoms with Crippen LogP contribution in [0.3, 0.4) is 0 Å². The minimum atomic E-state index is -0.558. The molecule has 2 amide bonds. The van der Waals surface area contributed by atoms with Crippen LogP contribution in [0.15, 0.2) is 36.4 Å². The molecule has 0 spiro atoms. The smallest absolute Gasteiger partial charge is 0.267 e.